The Kier molecular flexibility index (Phi) is 6.82. The van der Waals surface area contributed by atoms with Crippen LogP contribution in [-0.4, -0.2) is 28.1 Å². The molecule has 138 valence electrons. The van der Waals surface area contributed by atoms with Crippen LogP contribution in [0.3, 0.4) is 0 Å². The Labute approximate surface area is 161 Å². The summed E-state index contributed by atoms with van der Waals surface area (Å²) in [6.45, 7) is 0.891. The largest absolute Gasteiger partial charge is 0.462 e. The summed E-state index contributed by atoms with van der Waals surface area (Å²) in [7, 11) is 0. The SMILES string of the molecule is O=C(/C=C/c1cnn(Cc2ccccc2)c1)OCCSc1ccccc1F. The highest BCUT2D eigenvalue weighted by molar-refractivity contribution is 7.99. The zero-order valence-electron chi connectivity index (χ0n) is 14.6. The van der Waals surface area contributed by atoms with Gasteiger partial charge in [-0.1, -0.05) is 42.5 Å². The molecule has 0 aliphatic rings. The molecule has 0 aliphatic carbocycles. The number of aromatic nitrogens is 2. The van der Waals surface area contributed by atoms with Gasteiger partial charge >= 0.3 is 5.97 Å². The smallest absolute Gasteiger partial charge is 0.330 e. The van der Waals surface area contributed by atoms with Crippen LogP contribution in [0, 0.1) is 5.82 Å². The number of rotatable bonds is 8. The molecule has 6 heteroatoms. The topological polar surface area (TPSA) is 44.1 Å². The van der Waals surface area contributed by atoms with Gasteiger partial charge in [-0.25, -0.2) is 9.18 Å². The van der Waals surface area contributed by atoms with Crippen LogP contribution < -0.4 is 0 Å². The minimum Gasteiger partial charge on any atom is -0.462 e. The summed E-state index contributed by atoms with van der Waals surface area (Å²) in [6, 6.07) is 16.6. The molecule has 0 fully saturated rings. The van der Waals surface area contributed by atoms with Gasteiger partial charge in [0, 0.05) is 28.5 Å². The van der Waals surface area contributed by atoms with Gasteiger partial charge in [-0.3, -0.25) is 4.68 Å². The van der Waals surface area contributed by atoms with Crippen LogP contribution in [0.2, 0.25) is 0 Å². The highest BCUT2D eigenvalue weighted by atomic mass is 32.2. The highest BCUT2D eigenvalue weighted by Gasteiger charge is 2.03. The van der Waals surface area contributed by atoms with Crippen molar-refractivity contribution in [1.82, 2.24) is 9.78 Å². The van der Waals surface area contributed by atoms with Gasteiger partial charge in [0.05, 0.1) is 12.7 Å². The second-order valence-corrected chi connectivity index (χ2v) is 6.87. The molecule has 0 unspecified atom stereocenters. The van der Waals surface area contributed by atoms with E-state index in [1.54, 1.807) is 30.5 Å². The molecule has 0 aliphatic heterocycles. The molecular formula is C21H19FN2O2S. The molecule has 0 spiro atoms. The fourth-order valence-corrected chi connectivity index (χ4v) is 3.16. The van der Waals surface area contributed by atoms with Gasteiger partial charge < -0.3 is 4.74 Å². The second-order valence-electron chi connectivity index (χ2n) is 5.74. The summed E-state index contributed by atoms with van der Waals surface area (Å²) in [4.78, 5) is 12.3. The molecule has 1 heterocycles. The maximum atomic E-state index is 13.5. The Morgan fingerprint density at radius 3 is 2.74 bits per heavy atom. The predicted molar refractivity (Wildman–Crippen MR) is 105 cm³/mol. The van der Waals surface area contributed by atoms with E-state index in [2.05, 4.69) is 5.10 Å². The zero-order valence-corrected chi connectivity index (χ0v) is 15.4. The Hall–Kier alpha value is -2.86. The number of halogens is 1. The van der Waals surface area contributed by atoms with Crippen molar-refractivity contribution in [3.8, 4) is 0 Å². The lowest BCUT2D eigenvalue weighted by atomic mass is 10.2. The number of esters is 1. The average Bonchev–Trinajstić information content (AvgIpc) is 3.13. The third-order valence-electron chi connectivity index (χ3n) is 3.67. The van der Waals surface area contributed by atoms with Crippen molar-refractivity contribution in [2.75, 3.05) is 12.4 Å². The number of carbonyl (C=O) groups excluding carboxylic acids is 1. The van der Waals surface area contributed by atoms with Crippen LogP contribution in [0.15, 0.2) is 78.0 Å². The lowest BCUT2D eigenvalue weighted by Crippen LogP contribution is -2.04. The van der Waals surface area contributed by atoms with E-state index in [0.29, 0.717) is 17.2 Å². The molecule has 0 saturated carbocycles. The molecule has 1 aromatic heterocycles. The van der Waals surface area contributed by atoms with Gasteiger partial charge in [-0.2, -0.15) is 5.10 Å². The Morgan fingerprint density at radius 2 is 1.93 bits per heavy atom. The van der Waals surface area contributed by atoms with E-state index in [0.717, 1.165) is 11.1 Å². The summed E-state index contributed by atoms with van der Waals surface area (Å²) in [5, 5.41) is 4.28. The second kappa shape index (κ2) is 9.73. The molecule has 2 aromatic carbocycles. The number of hydrogen-bond donors (Lipinski definition) is 0. The maximum Gasteiger partial charge on any atom is 0.330 e. The number of nitrogens with zero attached hydrogens (tertiary/aromatic N) is 2. The Bertz CT molecular complexity index is 909. The molecule has 27 heavy (non-hydrogen) atoms. The standard InChI is InChI=1S/C21H19FN2O2S/c22-19-8-4-5-9-20(19)27-13-12-26-21(25)11-10-18-14-23-24(16-18)15-17-6-2-1-3-7-17/h1-11,14,16H,12-13,15H2/b11-10+. The first kappa shape index (κ1) is 18.9. The quantitative estimate of drug-likeness (QED) is 0.250. The first-order chi connectivity index (χ1) is 13.2. The van der Waals surface area contributed by atoms with Crippen LogP contribution in [0.25, 0.3) is 6.08 Å². The van der Waals surface area contributed by atoms with Gasteiger partial charge in [0.15, 0.2) is 0 Å². The Morgan fingerprint density at radius 1 is 1.15 bits per heavy atom. The molecule has 0 atom stereocenters. The van der Waals surface area contributed by atoms with Crippen molar-refractivity contribution in [1.29, 1.82) is 0 Å². The van der Waals surface area contributed by atoms with E-state index >= 15 is 0 Å². The van der Waals surface area contributed by atoms with E-state index in [1.807, 2.05) is 41.2 Å². The third-order valence-corrected chi connectivity index (χ3v) is 4.69. The first-order valence-corrected chi connectivity index (χ1v) is 9.48. The predicted octanol–water partition coefficient (Wildman–Crippen LogP) is 4.42. The van der Waals surface area contributed by atoms with Crippen LogP contribution in [0.5, 0.6) is 0 Å². The number of thioether (sulfide) groups is 1. The average molecular weight is 382 g/mol. The van der Waals surface area contributed by atoms with Crippen molar-refractivity contribution < 1.29 is 13.9 Å². The molecule has 3 rings (SSSR count). The van der Waals surface area contributed by atoms with Crippen LogP contribution in [0.1, 0.15) is 11.1 Å². The van der Waals surface area contributed by atoms with Crippen molar-refractivity contribution in [2.45, 2.75) is 11.4 Å². The zero-order chi connectivity index (χ0) is 18.9. The van der Waals surface area contributed by atoms with Gasteiger partial charge in [-0.15, -0.1) is 11.8 Å². The third kappa shape index (κ3) is 6.11. The molecule has 0 saturated heterocycles. The number of benzene rings is 2. The number of carbonyl (C=O) groups is 1. The van der Waals surface area contributed by atoms with Crippen LogP contribution >= 0.6 is 11.8 Å². The van der Waals surface area contributed by atoms with Crippen molar-refractivity contribution in [2.24, 2.45) is 0 Å². The normalized spacial score (nSPS) is 11.0. The highest BCUT2D eigenvalue weighted by Crippen LogP contribution is 2.20. The summed E-state index contributed by atoms with van der Waals surface area (Å²) in [6.07, 6.45) is 6.60. The van der Waals surface area contributed by atoms with Crippen molar-refractivity contribution in [3.63, 3.8) is 0 Å². The van der Waals surface area contributed by atoms with E-state index in [1.165, 1.54) is 23.9 Å². The molecule has 3 aromatic rings. The summed E-state index contributed by atoms with van der Waals surface area (Å²) < 4.78 is 20.4. The summed E-state index contributed by atoms with van der Waals surface area (Å²) in [5.74, 6) is -0.198. The van der Waals surface area contributed by atoms with E-state index in [-0.39, 0.29) is 12.4 Å². The monoisotopic (exact) mass is 382 g/mol. The van der Waals surface area contributed by atoms with Crippen molar-refractivity contribution in [3.05, 3.63) is 90.0 Å². The molecule has 4 nitrogen and oxygen atoms in total. The van der Waals surface area contributed by atoms with Gasteiger partial charge in [0.2, 0.25) is 0 Å². The van der Waals surface area contributed by atoms with E-state index in [9.17, 15) is 9.18 Å². The van der Waals surface area contributed by atoms with Gasteiger partial charge in [0.1, 0.15) is 12.4 Å². The molecule has 0 N–H and O–H groups in total. The fourth-order valence-electron chi connectivity index (χ4n) is 2.39. The molecule has 0 bridgehead atoms. The fraction of sp³-hybridized carbons (Fsp3) is 0.143. The van der Waals surface area contributed by atoms with Crippen LogP contribution in [-0.2, 0) is 16.1 Å². The summed E-state index contributed by atoms with van der Waals surface area (Å²) in [5.41, 5.74) is 1.98. The maximum absolute atomic E-state index is 13.5. The first-order valence-electron chi connectivity index (χ1n) is 8.49. The van der Waals surface area contributed by atoms with E-state index < -0.39 is 5.97 Å². The van der Waals surface area contributed by atoms with Crippen LogP contribution in [0.4, 0.5) is 4.39 Å². The number of ether oxygens (including phenoxy) is 1. The van der Waals surface area contributed by atoms with Gasteiger partial charge in [0.25, 0.3) is 0 Å². The minimum atomic E-state index is -0.431. The molecule has 0 radical (unpaired) electrons. The molecular weight excluding hydrogens is 363 g/mol. The summed E-state index contributed by atoms with van der Waals surface area (Å²) >= 11 is 1.32. The molecule has 0 amide bonds. The number of hydrogen-bond acceptors (Lipinski definition) is 4. The van der Waals surface area contributed by atoms with Crippen molar-refractivity contribution >= 4 is 23.8 Å². The lowest BCUT2D eigenvalue weighted by Gasteiger charge is -2.03. The van der Waals surface area contributed by atoms with Gasteiger partial charge in [-0.05, 0) is 23.8 Å². The van der Waals surface area contributed by atoms with E-state index in [4.69, 9.17) is 4.74 Å². The lowest BCUT2D eigenvalue weighted by molar-refractivity contribution is -0.137. The minimum absolute atomic E-state index is 0.218. The Balaban J connectivity index is 1.41.